The van der Waals surface area contributed by atoms with Crippen molar-refractivity contribution in [3.05, 3.63) is 22.4 Å². The lowest BCUT2D eigenvalue weighted by molar-refractivity contribution is -0.135. The highest BCUT2D eigenvalue weighted by Crippen LogP contribution is 2.26. The van der Waals surface area contributed by atoms with Crippen molar-refractivity contribution < 1.29 is 4.79 Å². The number of rotatable bonds is 3. The van der Waals surface area contributed by atoms with E-state index >= 15 is 0 Å². The molecule has 0 bridgehead atoms. The van der Waals surface area contributed by atoms with E-state index in [9.17, 15) is 4.79 Å². The molecule has 0 aromatic carbocycles. The first-order valence-corrected chi connectivity index (χ1v) is 7.16. The van der Waals surface area contributed by atoms with Gasteiger partial charge >= 0.3 is 0 Å². The minimum Gasteiger partial charge on any atom is -0.338 e. The van der Waals surface area contributed by atoms with Crippen LogP contribution in [0.4, 0.5) is 0 Å². The van der Waals surface area contributed by atoms with Gasteiger partial charge in [0.1, 0.15) is 0 Å². The predicted molar refractivity (Wildman–Crippen MR) is 78.4 cm³/mol. The molecule has 1 amide bonds. The zero-order valence-electron chi connectivity index (χ0n) is 10.7. The van der Waals surface area contributed by atoms with Gasteiger partial charge in [0.25, 0.3) is 0 Å². The second-order valence-corrected chi connectivity index (χ2v) is 5.63. The summed E-state index contributed by atoms with van der Waals surface area (Å²) in [5.74, 6) is 0.213. The zero-order chi connectivity index (χ0) is 12.3. The van der Waals surface area contributed by atoms with Crippen LogP contribution in [0.2, 0.25) is 0 Å². The number of nitrogens with two attached hydrogens (primary N) is 1. The second kappa shape index (κ2) is 7.12. The van der Waals surface area contributed by atoms with Crippen molar-refractivity contribution >= 4 is 29.7 Å². The number of thiophene rings is 1. The molecular weight excluding hydrogens is 268 g/mol. The average molecular weight is 289 g/mol. The highest BCUT2D eigenvalue weighted by atomic mass is 35.5. The number of halogens is 1. The largest absolute Gasteiger partial charge is 0.338 e. The zero-order valence-corrected chi connectivity index (χ0v) is 12.3. The molecule has 0 saturated carbocycles. The SMILES string of the molecule is CC(C(=O)N1CCCCC1CN)c1cccs1.Cl. The maximum Gasteiger partial charge on any atom is 0.230 e. The first-order chi connectivity index (χ1) is 8.24. The van der Waals surface area contributed by atoms with Crippen LogP contribution in [0.25, 0.3) is 0 Å². The van der Waals surface area contributed by atoms with E-state index in [0.717, 1.165) is 24.3 Å². The molecule has 0 radical (unpaired) electrons. The molecule has 5 heteroatoms. The van der Waals surface area contributed by atoms with Crippen LogP contribution in [0, 0.1) is 0 Å². The summed E-state index contributed by atoms with van der Waals surface area (Å²) >= 11 is 1.65. The third kappa shape index (κ3) is 3.25. The normalized spacial score (nSPS) is 21.2. The molecule has 2 N–H and O–H groups in total. The summed E-state index contributed by atoms with van der Waals surface area (Å²) in [6.07, 6.45) is 3.36. The number of likely N-dealkylation sites (tertiary alicyclic amines) is 1. The number of hydrogen-bond acceptors (Lipinski definition) is 3. The molecule has 0 spiro atoms. The topological polar surface area (TPSA) is 46.3 Å². The molecule has 2 rings (SSSR count). The van der Waals surface area contributed by atoms with E-state index in [1.807, 2.05) is 29.3 Å². The average Bonchev–Trinajstić information content (AvgIpc) is 2.90. The molecule has 0 aliphatic carbocycles. The van der Waals surface area contributed by atoms with Gasteiger partial charge < -0.3 is 10.6 Å². The van der Waals surface area contributed by atoms with Crippen LogP contribution >= 0.6 is 23.7 Å². The molecule has 18 heavy (non-hydrogen) atoms. The third-order valence-corrected chi connectivity index (χ3v) is 4.58. The Labute approximate surface area is 119 Å². The molecule has 102 valence electrons. The maximum atomic E-state index is 12.4. The number of carbonyl (C=O) groups excluding carboxylic acids is 1. The first kappa shape index (κ1) is 15.5. The Morgan fingerprint density at radius 3 is 3.00 bits per heavy atom. The van der Waals surface area contributed by atoms with Gasteiger partial charge in [-0.2, -0.15) is 0 Å². The summed E-state index contributed by atoms with van der Waals surface area (Å²) in [5, 5.41) is 2.02. The lowest BCUT2D eigenvalue weighted by atomic mass is 9.99. The summed E-state index contributed by atoms with van der Waals surface area (Å²) in [6, 6.07) is 4.29. The Hall–Kier alpha value is -0.580. The maximum absolute atomic E-state index is 12.4. The highest BCUT2D eigenvalue weighted by molar-refractivity contribution is 7.10. The van der Waals surface area contributed by atoms with Crippen LogP contribution in [-0.2, 0) is 4.79 Å². The Morgan fingerprint density at radius 1 is 1.61 bits per heavy atom. The Kier molecular flexibility index (Phi) is 6.12. The van der Waals surface area contributed by atoms with Gasteiger partial charge in [-0.1, -0.05) is 6.07 Å². The monoisotopic (exact) mass is 288 g/mol. The van der Waals surface area contributed by atoms with Gasteiger partial charge in [-0.15, -0.1) is 23.7 Å². The molecule has 1 saturated heterocycles. The minimum absolute atomic E-state index is 0. The number of carbonyl (C=O) groups is 1. The van der Waals surface area contributed by atoms with Crippen molar-refractivity contribution in [2.45, 2.75) is 38.1 Å². The fraction of sp³-hybridized carbons (Fsp3) is 0.615. The van der Waals surface area contributed by atoms with Crippen LogP contribution < -0.4 is 5.73 Å². The standard InChI is InChI=1S/C13H20N2OS.ClH/c1-10(12-6-4-8-17-12)13(16)15-7-3-2-5-11(15)9-14;/h4,6,8,10-11H,2-3,5,7,9,14H2,1H3;1H. The fourth-order valence-corrected chi connectivity index (χ4v) is 3.22. The van der Waals surface area contributed by atoms with Crippen molar-refractivity contribution in [3.63, 3.8) is 0 Å². The van der Waals surface area contributed by atoms with Gasteiger partial charge in [0.15, 0.2) is 0 Å². The summed E-state index contributed by atoms with van der Waals surface area (Å²) in [7, 11) is 0. The third-order valence-electron chi connectivity index (χ3n) is 3.52. The molecule has 2 heterocycles. The molecule has 2 unspecified atom stereocenters. The Balaban J connectivity index is 0.00000162. The highest BCUT2D eigenvalue weighted by Gasteiger charge is 2.29. The number of nitrogens with zero attached hydrogens (tertiary/aromatic N) is 1. The van der Waals surface area contributed by atoms with Gasteiger partial charge in [0.2, 0.25) is 5.91 Å². The van der Waals surface area contributed by atoms with Crippen molar-refractivity contribution in [2.24, 2.45) is 5.73 Å². The summed E-state index contributed by atoms with van der Waals surface area (Å²) in [5.41, 5.74) is 5.76. The lowest BCUT2D eigenvalue weighted by Crippen LogP contribution is -2.48. The van der Waals surface area contributed by atoms with Crippen LogP contribution in [0.15, 0.2) is 17.5 Å². The van der Waals surface area contributed by atoms with E-state index in [2.05, 4.69) is 0 Å². The van der Waals surface area contributed by atoms with Crippen LogP contribution in [0.5, 0.6) is 0 Å². The molecule has 1 fully saturated rings. The van der Waals surface area contributed by atoms with E-state index in [1.165, 1.54) is 6.42 Å². The summed E-state index contributed by atoms with van der Waals surface area (Å²) < 4.78 is 0. The molecule has 1 aromatic heterocycles. The molecule has 2 atom stereocenters. The van der Waals surface area contributed by atoms with Gasteiger partial charge in [-0.05, 0) is 37.6 Å². The number of hydrogen-bond donors (Lipinski definition) is 1. The minimum atomic E-state index is -0.0258. The quantitative estimate of drug-likeness (QED) is 0.929. The molecule has 1 aliphatic heterocycles. The predicted octanol–water partition coefficient (Wildman–Crippen LogP) is 2.61. The Morgan fingerprint density at radius 2 is 2.39 bits per heavy atom. The van der Waals surface area contributed by atoms with E-state index in [1.54, 1.807) is 11.3 Å². The van der Waals surface area contributed by atoms with Crippen molar-refractivity contribution in [1.29, 1.82) is 0 Å². The molecule has 1 aromatic rings. The molecular formula is C13H21ClN2OS. The van der Waals surface area contributed by atoms with Crippen molar-refractivity contribution in [1.82, 2.24) is 4.90 Å². The van der Waals surface area contributed by atoms with E-state index < -0.39 is 0 Å². The van der Waals surface area contributed by atoms with Crippen molar-refractivity contribution in [3.8, 4) is 0 Å². The van der Waals surface area contributed by atoms with Gasteiger partial charge in [-0.3, -0.25) is 4.79 Å². The number of amides is 1. The number of piperidine rings is 1. The summed E-state index contributed by atoms with van der Waals surface area (Å²) in [4.78, 5) is 15.6. The second-order valence-electron chi connectivity index (χ2n) is 4.65. The first-order valence-electron chi connectivity index (χ1n) is 6.28. The van der Waals surface area contributed by atoms with E-state index in [4.69, 9.17) is 5.73 Å². The molecule has 1 aliphatic rings. The summed E-state index contributed by atoms with van der Waals surface area (Å²) in [6.45, 7) is 3.45. The van der Waals surface area contributed by atoms with Gasteiger partial charge in [-0.25, -0.2) is 0 Å². The fourth-order valence-electron chi connectivity index (χ4n) is 2.44. The van der Waals surface area contributed by atoms with Crippen LogP contribution in [0.1, 0.15) is 37.0 Å². The lowest BCUT2D eigenvalue weighted by Gasteiger charge is -2.36. The Bertz CT molecular complexity index is 369. The van der Waals surface area contributed by atoms with E-state index in [0.29, 0.717) is 6.54 Å². The van der Waals surface area contributed by atoms with E-state index in [-0.39, 0.29) is 30.3 Å². The smallest absolute Gasteiger partial charge is 0.230 e. The van der Waals surface area contributed by atoms with Gasteiger partial charge in [0.05, 0.1) is 5.92 Å². The van der Waals surface area contributed by atoms with Crippen molar-refractivity contribution in [2.75, 3.05) is 13.1 Å². The van der Waals surface area contributed by atoms with Gasteiger partial charge in [0, 0.05) is 24.0 Å². The van der Waals surface area contributed by atoms with Crippen LogP contribution in [0.3, 0.4) is 0 Å². The van der Waals surface area contributed by atoms with Crippen LogP contribution in [-0.4, -0.2) is 29.9 Å². The molecule has 3 nitrogen and oxygen atoms in total.